The summed E-state index contributed by atoms with van der Waals surface area (Å²) in [5.74, 6) is -3.27. The maximum absolute atomic E-state index is 14.0. The van der Waals surface area contributed by atoms with Crippen molar-refractivity contribution < 1.29 is 32.3 Å². The van der Waals surface area contributed by atoms with Gasteiger partial charge in [0, 0.05) is 16.1 Å². The van der Waals surface area contributed by atoms with Crippen LogP contribution < -0.4 is 10.6 Å². The number of halogens is 5. The van der Waals surface area contributed by atoms with Crippen LogP contribution in [0.1, 0.15) is 22.2 Å². The summed E-state index contributed by atoms with van der Waals surface area (Å²) in [5, 5.41) is 14.9. The molecule has 1 aliphatic rings. The van der Waals surface area contributed by atoms with E-state index in [4.69, 9.17) is 27.6 Å². The molecule has 1 saturated heterocycles. The lowest BCUT2D eigenvalue weighted by Gasteiger charge is -2.44. The Balaban J connectivity index is 1.82. The van der Waals surface area contributed by atoms with Crippen LogP contribution in [0.5, 0.6) is 0 Å². The topological polar surface area (TPSA) is 91.6 Å². The van der Waals surface area contributed by atoms with E-state index in [1.54, 1.807) is 24.3 Å². The molecule has 0 spiro atoms. The van der Waals surface area contributed by atoms with Crippen molar-refractivity contribution in [2.45, 2.75) is 17.9 Å². The number of hydrogen-bond acceptors (Lipinski definition) is 4. The third-order valence-electron chi connectivity index (χ3n) is 5.29. The van der Waals surface area contributed by atoms with Crippen LogP contribution in [0.2, 0.25) is 10.0 Å². The van der Waals surface area contributed by atoms with Gasteiger partial charge in [0.15, 0.2) is 5.78 Å². The van der Waals surface area contributed by atoms with E-state index in [-0.39, 0.29) is 22.1 Å². The van der Waals surface area contributed by atoms with Gasteiger partial charge >= 0.3 is 12.2 Å². The number of Topliss-reactive ketones (excluding diaryl/α,β-unsaturated/α-hetero) is 1. The Labute approximate surface area is 195 Å². The summed E-state index contributed by atoms with van der Waals surface area (Å²) in [6.45, 7) is 0. The number of rotatable bonds is 4. The fourth-order valence-electron chi connectivity index (χ4n) is 3.70. The number of benzene rings is 2. The van der Waals surface area contributed by atoms with E-state index in [0.717, 1.165) is 0 Å². The van der Waals surface area contributed by atoms with Gasteiger partial charge in [0.05, 0.1) is 5.02 Å². The quantitative estimate of drug-likeness (QED) is 0.422. The normalized spacial score (nSPS) is 23.0. The Morgan fingerprint density at radius 2 is 1.70 bits per heavy atom. The van der Waals surface area contributed by atoms with Crippen LogP contribution in [0.3, 0.4) is 0 Å². The monoisotopic (exact) mass is 498 g/mol. The van der Waals surface area contributed by atoms with E-state index in [9.17, 15) is 27.9 Å². The highest BCUT2D eigenvalue weighted by Crippen LogP contribution is 2.45. The average Bonchev–Trinajstić information content (AvgIpc) is 3.23. The third kappa shape index (κ3) is 4.19. The lowest BCUT2D eigenvalue weighted by molar-refractivity contribution is -0.288. The van der Waals surface area contributed by atoms with E-state index >= 15 is 0 Å². The van der Waals surface area contributed by atoms with Crippen molar-refractivity contribution in [3.8, 4) is 11.3 Å². The molecule has 1 fully saturated rings. The number of furan rings is 1. The first-order valence-electron chi connectivity index (χ1n) is 9.53. The minimum Gasteiger partial charge on any atom is -0.459 e. The average molecular weight is 499 g/mol. The van der Waals surface area contributed by atoms with Crippen molar-refractivity contribution in [2.75, 3.05) is 0 Å². The summed E-state index contributed by atoms with van der Waals surface area (Å²) in [6, 6.07) is 11.5. The largest absolute Gasteiger partial charge is 0.459 e. The SMILES string of the molecule is O=C1N[C@@H](c2ccc(-c3ccccc3Cl)o2)[C@@H](C(=O)c2ccc(Cl)cc2)[C@@](O)(C(F)(F)F)N1. The molecule has 2 aromatic carbocycles. The van der Waals surface area contributed by atoms with Gasteiger partial charge in [0.1, 0.15) is 23.5 Å². The van der Waals surface area contributed by atoms with E-state index in [2.05, 4.69) is 5.32 Å². The standard InChI is InChI=1S/C22H15Cl2F3N2O4/c23-12-7-5-11(6-8-12)19(30)17-18(28-20(31)29-21(17,32)22(25,26)27)16-10-9-15(33-16)13-3-1-2-4-14(13)24/h1-10,17-18,32H,(H2,28,29,31)/t17-,18-,21+/m0/s1. The molecule has 0 saturated carbocycles. The zero-order valence-corrected chi connectivity index (χ0v) is 18.0. The van der Waals surface area contributed by atoms with E-state index in [1.807, 2.05) is 0 Å². The van der Waals surface area contributed by atoms with Gasteiger partial charge in [-0.1, -0.05) is 35.3 Å². The number of amides is 2. The van der Waals surface area contributed by atoms with Gasteiger partial charge in [-0.25, -0.2) is 4.79 Å². The summed E-state index contributed by atoms with van der Waals surface area (Å²) < 4.78 is 47.7. The predicted molar refractivity (Wildman–Crippen MR) is 114 cm³/mol. The van der Waals surface area contributed by atoms with Crippen LogP contribution in [0.15, 0.2) is 65.1 Å². The number of carbonyl (C=O) groups is 2. The third-order valence-corrected chi connectivity index (χ3v) is 5.87. The second-order valence-corrected chi connectivity index (χ2v) is 8.21. The number of carbonyl (C=O) groups excluding carboxylic acids is 2. The Hall–Kier alpha value is -3.01. The van der Waals surface area contributed by atoms with Gasteiger partial charge in [-0.3, -0.25) is 4.79 Å². The molecule has 172 valence electrons. The van der Waals surface area contributed by atoms with Crippen LogP contribution >= 0.6 is 23.2 Å². The van der Waals surface area contributed by atoms with Gasteiger partial charge in [-0.15, -0.1) is 0 Å². The summed E-state index contributed by atoms with van der Waals surface area (Å²) >= 11 is 12.0. The van der Waals surface area contributed by atoms with Gasteiger partial charge in [-0.05, 0) is 48.5 Å². The van der Waals surface area contributed by atoms with Crippen LogP contribution in [-0.4, -0.2) is 28.8 Å². The van der Waals surface area contributed by atoms with Crippen molar-refractivity contribution in [1.82, 2.24) is 10.6 Å². The number of hydrogen-bond donors (Lipinski definition) is 3. The second-order valence-electron chi connectivity index (χ2n) is 7.37. The Morgan fingerprint density at radius 1 is 1.03 bits per heavy atom. The van der Waals surface area contributed by atoms with E-state index in [0.29, 0.717) is 10.6 Å². The number of alkyl halides is 3. The fraction of sp³-hybridized carbons (Fsp3) is 0.182. The lowest BCUT2D eigenvalue weighted by Crippen LogP contribution is -2.72. The highest BCUT2D eigenvalue weighted by atomic mass is 35.5. The summed E-state index contributed by atoms with van der Waals surface area (Å²) in [7, 11) is 0. The van der Waals surface area contributed by atoms with Crippen molar-refractivity contribution in [2.24, 2.45) is 5.92 Å². The number of urea groups is 1. The van der Waals surface area contributed by atoms with Crippen molar-refractivity contribution in [3.05, 3.63) is 82.0 Å². The van der Waals surface area contributed by atoms with E-state index in [1.165, 1.54) is 41.7 Å². The van der Waals surface area contributed by atoms with Gasteiger partial charge < -0.3 is 20.2 Å². The molecule has 1 aromatic heterocycles. The highest BCUT2D eigenvalue weighted by molar-refractivity contribution is 6.33. The molecule has 1 aliphatic heterocycles. The smallest absolute Gasteiger partial charge is 0.437 e. The molecule has 0 unspecified atom stereocenters. The first-order chi connectivity index (χ1) is 15.5. The molecule has 0 aliphatic carbocycles. The molecule has 6 nitrogen and oxygen atoms in total. The van der Waals surface area contributed by atoms with Gasteiger partial charge in [0.2, 0.25) is 5.72 Å². The number of nitrogens with one attached hydrogen (secondary N) is 2. The molecule has 4 rings (SSSR count). The summed E-state index contributed by atoms with van der Waals surface area (Å²) in [4.78, 5) is 25.4. The van der Waals surface area contributed by atoms with Crippen LogP contribution in [0.4, 0.5) is 18.0 Å². The lowest BCUT2D eigenvalue weighted by atomic mass is 9.79. The first-order valence-corrected chi connectivity index (χ1v) is 10.3. The summed E-state index contributed by atoms with van der Waals surface area (Å²) in [6.07, 6.45) is -5.38. The molecular weight excluding hydrogens is 484 g/mol. The van der Waals surface area contributed by atoms with Gasteiger partial charge in [-0.2, -0.15) is 13.2 Å². The maximum atomic E-state index is 14.0. The maximum Gasteiger partial charge on any atom is 0.437 e. The first kappa shape index (κ1) is 23.2. The minimum atomic E-state index is -5.38. The number of ketones is 1. The molecule has 3 aromatic rings. The zero-order valence-electron chi connectivity index (χ0n) is 16.5. The predicted octanol–water partition coefficient (Wildman–Crippen LogP) is 5.36. The van der Waals surface area contributed by atoms with Gasteiger partial charge in [0.25, 0.3) is 0 Å². The molecule has 33 heavy (non-hydrogen) atoms. The Bertz CT molecular complexity index is 1210. The molecule has 0 bridgehead atoms. The molecule has 2 heterocycles. The molecule has 3 atom stereocenters. The minimum absolute atomic E-state index is 0.145. The Kier molecular flexibility index (Phi) is 5.90. The van der Waals surface area contributed by atoms with Crippen molar-refractivity contribution >= 4 is 35.0 Å². The van der Waals surface area contributed by atoms with Crippen molar-refractivity contribution in [1.29, 1.82) is 0 Å². The van der Waals surface area contributed by atoms with Crippen molar-refractivity contribution in [3.63, 3.8) is 0 Å². The van der Waals surface area contributed by atoms with E-state index < -0.39 is 35.7 Å². The molecule has 0 radical (unpaired) electrons. The fourth-order valence-corrected chi connectivity index (χ4v) is 4.05. The second kappa shape index (κ2) is 8.40. The van der Waals surface area contributed by atoms with Crippen LogP contribution in [0, 0.1) is 5.92 Å². The molecule has 11 heteroatoms. The van der Waals surface area contributed by atoms with Crippen LogP contribution in [-0.2, 0) is 0 Å². The molecule has 3 N–H and O–H groups in total. The zero-order chi connectivity index (χ0) is 24.0. The summed E-state index contributed by atoms with van der Waals surface area (Å²) in [5.41, 5.74) is -3.56. The molecular formula is C22H15Cl2F3N2O4. The number of aliphatic hydroxyl groups is 1. The van der Waals surface area contributed by atoms with Crippen LogP contribution in [0.25, 0.3) is 11.3 Å². The highest BCUT2D eigenvalue weighted by Gasteiger charge is 2.66. The Morgan fingerprint density at radius 3 is 2.33 bits per heavy atom. The molecule has 2 amide bonds.